The number of hydrogen-bond donors (Lipinski definition) is 0. The van der Waals surface area contributed by atoms with E-state index in [2.05, 4.69) is 20.1 Å². The van der Waals surface area contributed by atoms with E-state index in [1.807, 2.05) is 4.90 Å². The molecule has 0 saturated carbocycles. The first kappa shape index (κ1) is 20.9. The Morgan fingerprint density at radius 2 is 2.00 bits per heavy atom. The van der Waals surface area contributed by atoms with E-state index in [9.17, 15) is 13.2 Å². The van der Waals surface area contributed by atoms with Crippen LogP contribution in [0.3, 0.4) is 0 Å². The van der Waals surface area contributed by atoms with Crippen molar-refractivity contribution in [2.24, 2.45) is 11.8 Å². The van der Waals surface area contributed by atoms with Crippen LogP contribution in [0.15, 0.2) is 23.1 Å². The summed E-state index contributed by atoms with van der Waals surface area (Å²) in [5, 5.41) is 3.98. The standard InChI is InChI=1S/C19H26N6O4S/c1-30(27,28)25-9-4-15(5-10-25)19(26)24-8-2-3-14(13-24)11-17-22-18(23-29-17)16-12-20-6-7-21-16/h6-7,12,14-15H,2-5,8-11,13H2,1H3. The molecule has 162 valence electrons. The molecule has 10 nitrogen and oxygen atoms in total. The molecule has 0 radical (unpaired) electrons. The molecular weight excluding hydrogens is 408 g/mol. The van der Waals surface area contributed by atoms with Crippen LogP contribution in [0, 0.1) is 11.8 Å². The van der Waals surface area contributed by atoms with Crippen molar-refractivity contribution >= 4 is 15.9 Å². The lowest BCUT2D eigenvalue weighted by atomic mass is 9.91. The molecule has 0 aliphatic carbocycles. The number of nitrogens with zero attached hydrogens (tertiary/aromatic N) is 6. The summed E-state index contributed by atoms with van der Waals surface area (Å²) in [6.45, 7) is 2.24. The highest BCUT2D eigenvalue weighted by Gasteiger charge is 2.33. The number of amides is 1. The zero-order chi connectivity index (χ0) is 21.1. The van der Waals surface area contributed by atoms with E-state index >= 15 is 0 Å². The summed E-state index contributed by atoms with van der Waals surface area (Å²) in [5.41, 5.74) is 0.563. The van der Waals surface area contributed by atoms with Gasteiger partial charge in [-0.15, -0.1) is 0 Å². The molecule has 0 spiro atoms. The fraction of sp³-hybridized carbons (Fsp3) is 0.632. The Hall–Kier alpha value is -2.40. The van der Waals surface area contributed by atoms with E-state index in [-0.39, 0.29) is 17.7 Å². The minimum Gasteiger partial charge on any atom is -0.342 e. The van der Waals surface area contributed by atoms with Crippen molar-refractivity contribution in [2.75, 3.05) is 32.4 Å². The van der Waals surface area contributed by atoms with E-state index < -0.39 is 10.0 Å². The Balaban J connectivity index is 1.33. The highest BCUT2D eigenvalue weighted by molar-refractivity contribution is 7.88. The molecule has 0 aromatic carbocycles. The average molecular weight is 435 g/mol. The van der Waals surface area contributed by atoms with Crippen LogP contribution in [0.1, 0.15) is 31.6 Å². The summed E-state index contributed by atoms with van der Waals surface area (Å²) in [7, 11) is -3.18. The molecule has 30 heavy (non-hydrogen) atoms. The SMILES string of the molecule is CS(=O)(=O)N1CCC(C(=O)N2CCCC(Cc3nc(-c4cnccn4)no3)C2)CC1. The Morgan fingerprint density at radius 3 is 2.70 bits per heavy atom. The highest BCUT2D eigenvalue weighted by Crippen LogP contribution is 2.26. The molecular formula is C19H26N6O4S. The van der Waals surface area contributed by atoms with Gasteiger partial charge in [-0.05, 0) is 31.6 Å². The summed E-state index contributed by atoms with van der Waals surface area (Å²) in [5.74, 6) is 1.25. The zero-order valence-electron chi connectivity index (χ0n) is 17.0. The van der Waals surface area contributed by atoms with E-state index in [0.29, 0.717) is 56.3 Å². The van der Waals surface area contributed by atoms with Crippen LogP contribution in [0.4, 0.5) is 0 Å². The van der Waals surface area contributed by atoms with Crippen LogP contribution in [-0.4, -0.2) is 76.1 Å². The van der Waals surface area contributed by atoms with Gasteiger partial charge in [-0.3, -0.25) is 9.78 Å². The van der Waals surface area contributed by atoms with Gasteiger partial charge in [0, 0.05) is 50.9 Å². The highest BCUT2D eigenvalue weighted by atomic mass is 32.2. The van der Waals surface area contributed by atoms with Crippen LogP contribution in [0.2, 0.25) is 0 Å². The Morgan fingerprint density at radius 1 is 1.20 bits per heavy atom. The van der Waals surface area contributed by atoms with Gasteiger partial charge >= 0.3 is 0 Å². The van der Waals surface area contributed by atoms with Crippen molar-refractivity contribution in [2.45, 2.75) is 32.1 Å². The van der Waals surface area contributed by atoms with Gasteiger partial charge in [0.05, 0.1) is 12.5 Å². The summed E-state index contributed by atoms with van der Waals surface area (Å²) >= 11 is 0. The van der Waals surface area contributed by atoms with Crippen molar-refractivity contribution < 1.29 is 17.7 Å². The third-order valence-electron chi connectivity index (χ3n) is 5.83. The van der Waals surface area contributed by atoms with Crippen LogP contribution >= 0.6 is 0 Å². The molecule has 2 aliphatic heterocycles. The van der Waals surface area contributed by atoms with Gasteiger partial charge in [-0.2, -0.15) is 4.98 Å². The molecule has 0 N–H and O–H groups in total. The maximum absolute atomic E-state index is 13.0. The van der Waals surface area contributed by atoms with E-state index in [1.165, 1.54) is 10.6 Å². The minimum atomic E-state index is -3.18. The maximum atomic E-state index is 13.0. The molecule has 2 saturated heterocycles. The number of carbonyl (C=O) groups excluding carboxylic acids is 1. The zero-order valence-corrected chi connectivity index (χ0v) is 17.8. The second-order valence-corrected chi connectivity index (χ2v) is 10.0. The van der Waals surface area contributed by atoms with Gasteiger partial charge < -0.3 is 9.42 Å². The van der Waals surface area contributed by atoms with Crippen LogP contribution in [0.5, 0.6) is 0 Å². The van der Waals surface area contributed by atoms with Crippen molar-refractivity contribution in [1.29, 1.82) is 0 Å². The lowest BCUT2D eigenvalue weighted by Crippen LogP contribution is -2.47. The van der Waals surface area contributed by atoms with Crippen molar-refractivity contribution in [3.8, 4) is 11.5 Å². The number of rotatable bonds is 5. The number of likely N-dealkylation sites (tertiary alicyclic amines) is 1. The summed E-state index contributed by atoms with van der Waals surface area (Å²) < 4.78 is 30.2. The number of carbonyl (C=O) groups is 1. The minimum absolute atomic E-state index is 0.103. The predicted molar refractivity (Wildman–Crippen MR) is 107 cm³/mol. The van der Waals surface area contributed by atoms with E-state index in [1.54, 1.807) is 18.6 Å². The Bertz CT molecular complexity index is 972. The smallest absolute Gasteiger partial charge is 0.227 e. The topological polar surface area (TPSA) is 122 Å². The first-order valence-electron chi connectivity index (χ1n) is 10.2. The summed E-state index contributed by atoms with van der Waals surface area (Å²) in [4.78, 5) is 27.5. The average Bonchev–Trinajstić information content (AvgIpc) is 3.22. The molecule has 4 heterocycles. The molecule has 2 aromatic heterocycles. The largest absolute Gasteiger partial charge is 0.342 e. The second kappa shape index (κ2) is 8.76. The lowest BCUT2D eigenvalue weighted by Gasteiger charge is -2.37. The van der Waals surface area contributed by atoms with E-state index in [4.69, 9.17) is 4.52 Å². The number of hydrogen-bond acceptors (Lipinski definition) is 8. The van der Waals surface area contributed by atoms with Crippen LogP contribution < -0.4 is 0 Å². The third kappa shape index (κ3) is 4.84. The molecule has 0 bridgehead atoms. The van der Waals surface area contributed by atoms with E-state index in [0.717, 1.165) is 19.4 Å². The van der Waals surface area contributed by atoms with Gasteiger partial charge in [0.15, 0.2) is 0 Å². The molecule has 1 unspecified atom stereocenters. The van der Waals surface area contributed by atoms with Gasteiger partial charge in [0.25, 0.3) is 0 Å². The number of piperidine rings is 2. The normalized spacial score (nSPS) is 21.6. The quantitative estimate of drug-likeness (QED) is 0.682. The van der Waals surface area contributed by atoms with Gasteiger partial charge in [0.2, 0.25) is 27.6 Å². The molecule has 1 amide bonds. The summed E-state index contributed by atoms with van der Waals surface area (Å²) in [6, 6.07) is 0. The summed E-state index contributed by atoms with van der Waals surface area (Å²) in [6.07, 6.45) is 9.69. The van der Waals surface area contributed by atoms with Crippen LogP contribution in [0.25, 0.3) is 11.5 Å². The maximum Gasteiger partial charge on any atom is 0.227 e. The molecule has 1 atom stereocenters. The number of aromatic nitrogens is 4. The van der Waals surface area contributed by atoms with Crippen LogP contribution in [-0.2, 0) is 21.2 Å². The Labute approximate surface area is 175 Å². The van der Waals surface area contributed by atoms with Gasteiger partial charge in [0.1, 0.15) is 5.69 Å². The third-order valence-corrected chi connectivity index (χ3v) is 7.13. The van der Waals surface area contributed by atoms with Crippen molar-refractivity contribution in [1.82, 2.24) is 29.3 Å². The lowest BCUT2D eigenvalue weighted by molar-refractivity contribution is -0.138. The monoisotopic (exact) mass is 434 g/mol. The number of sulfonamides is 1. The molecule has 2 fully saturated rings. The molecule has 2 aliphatic rings. The fourth-order valence-corrected chi connectivity index (χ4v) is 5.10. The van der Waals surface area contributed by atoms with Crippen molar-refractivity contribution in [3.05, 3.63) is 24.5 Å². The van der Waals surface area contributed by atoms with Gasteiger partial charge in [-0.25, -0.2) is 17.7 Å². The first-order valence-corrected chi connectivity index (χ1v) is 12.1. The molecule has 2 aromatic rings. The van der Waals surface area contributed by atoms with Gasteiger partial charge in [-0.1, -0.05) is 5.16 Å². The molecule has 4 rings (SSSR count). The first-order chi connectivity index (χ1) is 14.4. The second-order valence-electron chi connectivity index (χ2n) is 8.04. The predicted octanol–water partition coefficient (Wildman–Crippen LogP) is 0.979. The Kier molecular flexibility index (Phi) is 6.09. The van der Waals surface area contributed by atoms with Crippen molar-refractivity contribution in [3.63, 3.8) is 0 Å². The fourth-order valence-electron chi connectivity index (χ4n) is 4.23. The molecule has 11 heteroatoms.